The number of nitrogens with zero attached hydrogens (tertiary/aromatic N) is 2. The van der Waals surface area contributed by atoms with E-state index in [1.165, 1.54) is 80.6 Å². The molecule has 0 unspecified atom stereocenters. The number of hydrogen-bond donors (Lipinski definition) is 0. The van der Waals surface area contributed by atoms with Crippen molar-refractivity contribution in [1.29, 1.82) is 0 Å². The molecule has 0 N–H and O–H groups in total. The first-order valence-electron chi connectivity index (χ1n) is 15.4. The number of para-hydroxylation sites is 3. The molecule has 0 radical (unpaired) electrons. The van der Waals surface area contributed by atoms with Crippen LogP contribution in [0.25, 0.3) is 86.3 Å². The SMILES string of the molecule is c1ccc2c(c1)sc1ccc(-c3ccc(-n4c5ccccc5c5cc(-n6c7ccccc7c7ccccc76)ccc54)cc3)cc12. The Kier molecular flexibility index (Phi) is 5.19. The molecule has 0 saturated heterocycles. The maximum atomic E-state index is 2.40. The lowest BCUT2D eigenvalue weighted by molar-refractivity contribution is 1.17. The van der Waals surface area contributed by atoms with Crippen molar-refractivity contribution >= 4 is 75.1 Å². The smallest absolute Gasteiger partial charge is 0.0542 e. The van der Waals surface area contributed by atoms with Gasteiger partial charge in [0, 0.05) is 53.1 Å². The fourth-order valence-electron chi connectivity index (χ4n) is 7.29. The molecular formula is C42H26N2S. The molecule has 3 heterocycles. The van der Waals surface area contributed by atoms with Crippen molar-refractivity contribution in [2.45, 2.75) is 0 Å². The van der Waals surface area contributed by atoms with Gasteiger partial charge in [-0.2, -0.15) is 0 Å². The average molecular weight is 591 g/mol. The van der Waals surface area contributed by atoms with E-state index in [1.807, 2.05) is 11.3 Å². The highest BCUT2D eigenvalue weighted by atomic mass is 32.1. The zero-order valence-corrected chi connectivity index (χ0v) is 25.1. The summed E-state index contributed by atoms with van der Waals surface area (Å²) in [6, 6.07) is 57.7. The second kappa shape index (κ2) is 9.43. The average Bonchev–Trinajstić information content (AvgIpc) is 3.75. The summed E-state index contributed by atoms with van der Waals surface area (Å²) in [5, 5.41) is 7.74. The van der Waals surface area contributed by atoms with Crippen LogP contribution >= 0.6 is 11.3 Å². The largest absolute Gasteiger partial charge is 0.309 e. The van der Waals surface area contributed by atoms with Crippen molar-refractivity contribution in [3.05, 3.63) is 158 Å². The third-order valence-electron chi connectivity index (χ3n) is 9.33. The molecule has 0 spiro atoms. The molecule has 0 bridgehead atoms. The molecule has 0 aliphatic carbocycles. The van der Waals surface area contributed by atoms with Crippen LogP contribution in [-0.2, 0) is 0 Å². The minimum absolute atomic E-state index is 1.16. The molecule has 10 rings (SSSR count). The molecule has 0 atom stereocenters. The van der Waals surface area contributed by atoms with Crippen LogP contribution in [0, 0.1) is 0 Å². The van der Waals surface area contributed by atoms with Crippen molar-refractivity contribution in [2.24, 2.45) is 0 Å². The van der Waals surface area contributed by atoms with Crippen LogP contribution < -0.4 is 0 Å². The topological polar surface area (TPSA) is 9.86 Å². The number of hydrogen-bond acceptors (Lipinski definition) is 1. The molecule has 3 aromatic heterocycles. The summed E-state index contributed by atoms with van der Waals surface area (Å²) in [7, 11) is 0. The first-order valence-corrected chi connectivity index (χ1v) is 16.2. The van der Waals surface area contributed by atoms with Crippen molar-refractivity contribution in [2.75, 3.05) is 0 Å². The maximum absolute atomic E-state index is 2.40. The Hall–Kier alpha value is -5.64. The molecular weight excluding hydrogens is 565 g/mol. The quantitative estimate of drug-likeness (QED) is 0.194. The van der Waals surface area contributed by atoms with Gasteiger partial charge < -0.3 is 9.13 Å². The van der Waals surface area contributed by atoms with Crippen LogP contribution in [0.5, 0.6) is 0 Å². The van der Waals surface area contributed by atoms with Gasteiger partial charge in [-0.3, -0.25) is 0 Å². The monoisotopic (exact) mass is 590 g/mol. The first kappa shape index (κ1) is 24.8. The lowest BCUT2D eigenvalue weighted by Gasteiger charge is -2.11. The van der Waals surface area contributed by atoms with Crippen LogP contribution in [-0.4, -0.2) is 9.13 Å². The van der Waals surface area contributed by atoms with Gasteiger partial charge in [-0.15, -0.1) is 11.3 Å². The van der Waals surface area contributed by atoms with Crippen LogP contribution in [0.1, 0.15) is 0 Å². The van der Waals surface area contributed by atoms with E-state index in [0.717, 1.165) is 5.69 Å². The summed E-state index contributed by atoms with van der Waals surface area (Å²) < 4.78 is 7.48. The van der Waals surface area contributed by atoms with Gasteiger partial charge >= 0.3 is 0 Å². The summed E-state index contributed by atoms with van der Waals surface area (Å²) in [6.45, 7) is 0. The van der Waals surface area contributed by atoms with Crippen molar-refractivity contribution in [3.63, 3.8) is 0 Å². The lowest BCUT2D eigenvalue weighted by atomic mass is 10.0. The van der Waals surface area contributed by atoms with Gasteiger partial charge in [-0.1, -0.05) is 91.0 Å². The highest BCUT2D eigenvalue weighted by molar-refractivity contribution is 7.25. The fourth-order valence-corrected chi connectivity index (χ4v) is 8.37. The predicted molar refractivity (Wildman–Crippen MR) is 193 cm³/mol. The van der Waals surface area contributed by atoms with E-state index < -0.39 is 0 Å². The Labute approximate surface area is 263 Å². The van der Waals surface area contributed by atoms with Gasteiger partial charge in [-0.05, 0) is 77.9 Å². The Morgan fingerprint density at radius 3 is 1.49 bits per heavy atom. The second-order valence-corrected chi connectivity index (χ2v) is 12.9. The summed E-state index contributed by atoms with van der Waals surface area (Å²) in [5.41, 5.74) is 9.69. The standard InChI is InChI=1S/C42H26N2S/c1-5-13-37-31(9-1)32-10-2-6-14-38(32)44(37)30-22-23-40-35(26-30)33-11-3-7-15-39(33)43(40)29-20-17-27(18-21-29)28-19-24-42-36(25-28)34-12-4-8-16-41(34)45-42/h1-26H. The molecule has 0 fully saturated rings. The van der Waals surface area contributed by atoms with E-state index in [2.05, 4.69) is 167 Å². The van der Waals surface area contributed by atoms with E-state index in [9.17, 15) is 0 Å². The van der Waals surface area contributed by atoms with Gasteiger partial charge in [0.05, 0.1) is 22.1 Å². The van der Waals surface area contributed by atoms with Gasteiger partial charge in [0.25, 0.3) is 0 Å². The number of aromatic nitrogens is 2. The Bertz CT molecular complexity index is 2700. The molecule has 10 aromatic rings. The fraction of sp³-hybridized carbons (Fsp3) is 0. The Morgan fingerprint density at radius 1 is 0.311 bits per heavy atom. The van der Waals surface area contributed by atoms with Crippen LogP contribution in [0.3, 0.4) is 0 Å². The predicted octanol–water partition coefficient (Wildman–Crippen LogP) is 11.9. The summed E-state index contributed by atoms with van der Waals surface area (Å²) in [5.74, 6) is 0. The first-order chi connectivity index (χ1) is 22.3. The third-order valence-corrected chi connectivity index (χ3v) is 10.5. The Morgan fingerprint density at radius 2 is 0.800 bits per heavy atom. The molecule has 0 aliphatic heterocycles. The molecule has 45 heavy (non-hydrogen) atoms. The maximum Gasteiger partial charge on any atom is 0.0542 e. The Balaban J connectivity index is 1.13. The van der Waals surface area contributed by atoms with E-state index in [1.54, 1.807) is 0 Å². The number of thiophene rings is 1. The summed E-state index contributed by atoms with van der Waals surface area (Å²) in [4.78, 5) is 0. The molecule has 7 aromatic carbocycles. The number of benzene rings is 7. The second-order valence-electron chi connectivity index (χ2n) is 11.8. The number of fused-ring (bicyclic) bond motifs is 9. The van der Waals surface area contributed by atoms with Gasteiger partial charge in [0.2, 0.25) is 0 Å². The molecule has 0 aliphatic rings. The minimum atomic E-state index is 1.16. The van der Waals surface area contributed by atoms with Crippen LogP contribution in [0.15, 0.2) is 158 Å². The highest BCUT2D eigenvalue weighted by Crippen LogP contribution is 2.39. The number of rotatable bonds is 3. The van der Waals surface area contributed by atoms with E-state index in [4.69, 9.17) is 0 Å². The molecule has 0 saturated carbocycles. The van der Waals surface area contributed by atoms with Gasteiger partial charge in [0.15, 0.2) is 0 Å². The normalized spacial score (nSPS) is 12.0. The minimum Gasteiger partial charge on any atom is -0.309 e. The van der Waals surface area contributed by atoms with Crippen LogP contribution in [0.4, 0.5) is 0 Å². The van der Waals surface area contributed by atoms with E-state index in [-0.39, 0.29) is 0 Å². The van der Waals surface area contributed by atoms with E-state index >= 15 is 0 Å². The van der Waals surface area contributed by atoms with E-state index in [0.29, 0.717) is 0 Å². The van der Waals surface area contributed by atoms with Crippen LogP contribution in [0.2, 0.25) is 0 Å². The zero-order valence-electron chi connectivity index (χ0n) is 24.3. The molecule has 210 valence electrons. The highest BCUT2D eigenvalue weighted by Gasteiger charge is 2.16. The molecule has 2 nitrogen and oxygen atoms in total. The third kappa shape index (κ3) is 3.62. The molecule has 0 amide bonds. The van der Waals surface area contributed by atoms with Crippen molar-refractivity contribution < 1.29 is 0 Å². The van der Waals surface area contributed by atoms with Gasteiger partial charge in [0.1, 0.15) is 0 Å². The summed E-state index contributed by atoms with van der Waals surface area (Å²) >= 11 is 1.86. The zero-order chi connectivity index (χ0) is 29.5. The van der Waals surface area contributed by atoms with Crippen molar-refractivity contribution in [3.8, 4) is 22.5 Å². The summed E-state index contributed by atoms with van der Waals surface area (Å²) in [6.07, 6.45) is 0. The molecule has 3 heteroatoms. The lowest BCUT2D eigenvalue weighted by Crippen LogP contribution is -1.95. The van der Waals surface area contributed by atoms with Gasteiger partial charge in [-0.25, -0.2) is 0 Å². The van der Waals surface area contributed by atoms with Crippen molar-refractivity contribution in [1.82, 2.24) is 9.13 Å².